The summed E-state index contributed by atoms with van der Waals surface area (Å²) in [5.74, 6) is 0.963. The molecule has 2 rings (SSSR count). The molecule has 118 valence electrons. The number of hydrogen-bond acceptors (Lipinski definition) is 5. The van der Waals surface area contributed by atoms with Crippen molar-refractivity contribution in [2.45, 2.75) is 12.6 Å². The van der Waals surface area contributed by atoms with E-state index in [2.05, 4.69) is 28.0 Å². The van der Waals surface area contributed by atoms with E-state index >= 15 is 0 Å². The summed E-state index contributed by atoms with van der Waals surface area (Å²) >= 11 is 0. The monoisotopic (exact) mass is 300 g/mol. The van der Waals surface area contributed by atoms with E-state index in [1.165, 1.54) is 5.56 Å². The quantitative estimate of drug-likeness (QED) is 0.785. The fraction of sp³-hybridized carbons (Fsp3) is 0.412. The van der Waals surface area contributed by atoms with E-state index in [0.717, 1.165) is 18.1 Å². The normalized spacial score (nSPS) is 12.4. The highest BCUT2D eigenvalue weighted by Gasteiger charge is 2.18. The molecule has 0 aliphatic rings. The van der Waals surface area contributed by atoms with Crippen LogP contribution in [-0.4, -0.2) is 49.7 Å². The van der Waals surface area contributed by atoms with Gasteiger partial charge in [0.2, 0.25) is 0 Å². The van der Waals surface area contributed by atoms with Crippen LogP contribution >= 0.6 is 0 Å². The Kier molecular flexibility index (Phi) is 5.86. The lowest BCUT2D eigenvalue weighted by molar-refractivity contribution is 0.0999. The Bertz CT molecular complexity index is 557. The number of methoxy groups -OCH3 is 1. The van der Waals surface area contributed by atoms with E-state index in [-0.39, 0.29) is 6.04 Å². The van der Waals surface area contributed by atoms with Gasteiger partial charge in [-0.3, -0.25) is 9.88 Å². The van der Waals surface area contributed by atoms with Gasteiger partial charge >= 0.3 is 0 Å². The van der Waals surface area contributed by atoms with E-state index in [4.69, 9.17) is 4.74 Å². The van der Waals surface area contributed by atoms with Crippen LogP contribution in [0.1, 0.15) is 17.3 Å². The highest BCUT2D eigenvalue weighted by molar-refractivity contribution is 5.37. The van der Waals surface area contributed by atoms with Crippen LogP contribution in [0.15, 0.2) is 42.7 Å². The first kappa shape index (κ1) is 16.4. The van der Waals surface area contributed by atoms with Crippen molar-refractivity contribution in [2.24, 2.45) is 0 Å². The lowest BCUT2D eigenvalue weighted by Gasteiger charge is -2.27. The first-order valence-corrected chi connectivity index (χ1v) is 7.34. The van der Waals surface area contributed by atoms with Gasteiger partial charge in [-0.15, -0.1) is 0 Å². The molecule has 2 aromatic rings. The molecule has 0 unspecified atom stereocenters. The van der Waals surface area contributed by atoms with Crippen LogP contribution in [0.4, 0.5) is 5.82 Å². The highest BCUT2D eigenvalue weighted by Crippen LogP contribution is 2.20. The Morgan fingerprint density at radius 3 is 2.45 bits per heavy atom. The lowest BCUT2D eigenvalue weighted by atomic mass is 10.1. The Hall–Kier alpha value is -1.98. The molecule has 2 heterocycles. The number of pyridine rings is 2. The van der Waals surface area contributed by atoms with Crippen LogP contribution in [0.3, 0.4) is 0 Å². The Morgan fingerprint density at radius 1 is 1.09 bits per heavy atom. The maximum atomic E-state index is 5.36. The van der Waals surface area contributed by atoms with Crippen LogP contribution in [0.2, 0.25) is 0 Å². The number of anilines is 1. The Balaban J connectivity index is 2.09. The van der Waals surface area contributed by atoms with E-state index in [1.807, 2.05) is 55.7 Å². The molecule has 0 aliphatic carbocycles. The molecule has 0 N–H and O–H groups in total. The summed E-state index contributed by atoms with van der Waals surface area (Å²) < 4.78 is 5.36. The number of nitrogens with zero attached hydrogens (tertiary/aromatic N) is 4. The maximum Gasteiger partial charge on any atom is 0.127 e. The van der Waals surface area contributed by atoms with E-state index < -0.39 is 0 Å². The lowest BCUT2D eigenvalue weighted by Crippen LogP contribution is -2.28. The van der Waals surface area contributed by atoms with Gasteiger partial charge in [0.15, 0.2) is 0 Å². The molecule has 0 aliphatic heterocycles. The van der Waals surface area contributed by atoms with Crippen molar-refractivity contribution in [3.8, 4) is 0 Å². The standard InChI is InChI=1S/C17H24N4O/c1-20(2)17-9-8-14(11-19-17)12-21(3)16(13-22-4)15-7-5-6-10-18-15/h5-11,16H,12-13H2,1-4H3/t16-/m1/s1. The molecular formula is C17H24N4O. The van der Waals surface area contributed by atoms with Gasteiger partial charge in [-0.05, 0) is 30.8 Å². The van der Waals surface area contributed by atoms with Gasteiger partial charge in [0.1, 0.15) is 5.82 Å². The number of likely N-dealkylation sites (N-methyl/N-ethyl adjacent to an activating group) is 1. The summed E-state index contributed by atoms with van der Waals surface area (Å²) in [6.07, 6.45) is 3.74. The summed E-state index contributed by atoms with van der Waals surface area (Å²) in [7, 11) is 7.78. The van der Waals surface area contributed by atoms with Crippen molar-refractivity contribution < 1.29 is 4.74 Å². The molecule has 22 heavy (non-hydrogen) atoms. The summed E-state index contributed by atoms with van der Waals surface area (Å²) in [6, 6.07) is 10.2. The zero-order valence-corrected chi connectivity index (χ0v) is 13.7. The topological polar surface area (TPSA) is 41.5 Å². The van der Waals surface area contributed by atoms with E-state index in [0.29, 0.717) is 6.61 Å². The van der Waals surface area contributed by atoms with Gasteiger partial charge in [0, 0.05) is 40.1 Å². The van der Waals surface area contributed by atoms with Crippen molar-refractivity contribution in [3.05, 3.63) is 54.0 Å². The smallest absolute Gasteiger partial charge is 0.127 e. The first-order valence-electron chi connectivity index (χ1n) is 7.34. The van der Waals surface area contributed by atoms with Crippen molar-refractivity contribution in [3.63, 3.8) is 0 Å². The summed E-state index contributed by atoms with van der Waals surface area (Å²) in [5, 5.41) is 0. The minimum absolute atomic E-state index is 0.125. The molecule has 5 nitrogen and oxygen atoms in total. The molecule has 0 spiro atoms. The average Bonchev–Trinajstić information content (AvgIpc) is 2.53. The SMILES string of the molecule is COC[C@H](c1ccccn1)N(C)Cc1ccc(N(C)C)nc1. The molecule has 0 aromatic carbocycles. The van der Waals surface area contributed by atoms with Crippen molar-refractivity contribution in [1.29, 1.82) is 0 Å². The minimum Gasteiger partial charge on any atom is -0.383 e. The Labute approximate surface area is 132 Å². The molecule has 0 bridgehead atoms. The van der Waals surface area contributed by atoms with E-state index in [1.54, 1.807) is 7.11 Å². The van der Waals surface area contributed by atoms with Crippen LogP contribution < -0.4 is 4.90 Å². The maximum absolute atomic E-state index is 5.36. The zero-order chi connectivity index (χ0) is 15.9. The largest absolute Gasteiger partial charge is 0.383 e. The van der Waals surface area contributed by atoms with Crippen LogP contribution in [0.25, 0.3) is 0 Å². The molecule has 0 saturated heterocycles. The highest BCUT2D eigenvalue weighted by atomic mass is 16.5. The number of rotatable bonds is 7. The van der Waals surface area contributed by atoms with Gasteiger partial charge in [-0.25, -0.2) is 4.98 Å². The molecule has 0 saturated carbocycles. The molecule has 5 heteroatoms. The Morgan fingerprint density at radius 2 is 1.91 bits per heavy atom. The van der Waals surface area contributed by atoms with Gasteiger partial charge < -0.3 is 9.64 Å². The summed E-state index contributed by atoms with van der Waals surface area (Å²) in [6.45, 7) is 1.40. The molecule has 1 atom stereocenters. The molecule has 0 amide bonds. The van der Waals surface area contributed by atoms with Crippen LogP contribution in [0, 0.1) is 0 Å². The second kappa shape index (κ2) is 7.87. The third-order valence-corrected chi connectivity index (χ3v) is 3.59. The van der Waals surface area contributed by atoms with Crippen molar-refractivity contribution >= 4 is 5.82 Å². The predicted molar refractivity (Wildman–Crippen MR) is 88.9 cm³/mol. The third-order valence-electron chi connectivity index (χ3n) is 3.59. The average molecular weight is 300 g/mol. The predicted octanol–water partition coefficient (Wildman–Crippen LogP) is 2.36. The zero-order valence-electron chi connectivity index (χ0n) is 13.7. The van der Waals surface area contributed by atoms with Gasteiger partial charge in [-0.1, -0.05) is 12.1 Å². The number of aromatic nitrogens is 2. The van der Waals surface area contributed by atoms with E-state index in [9.17, 15) is 0 Å². The van der Waals surface area contributed by atoms with Crippen LogP contribution in [0.5, 0.6) is 0 Å². The summed E-state index contributed by atoms with van der Waals surface area (Å²) in [4.78, 5) is 13.1. The first-order chi connectivity index (χ1) is 10.6. The van der Waals surface area contributed by atoms with Gasteiger partial charge in [0.05, 0.1) is 18.3 Å². The molecule has 0 fully saturated rings. The fourth-order valence-electron chi connectivity index (χ4n) is 2.34. The van der Waals surface area contributed by atoms with Crippen molar-refractivity contribution in [1.82, 2.24) is 14.9 Å². The fourth-order valence-corrected chi connectivity index (χ4v) is 2.34. The van der Waals surface area contributed by atoms with Crippen molar-refractivity contribution in [2.75, 3.05) is 39.8 Å². The molecule has 2 aromatic heterocycles. The molecular weight excluding hydrogens is 276 g/mol. The molecule has 0 radical (unpaired) electrons. The second-order valence-corrected chi connectivity index (χ2v) is 5.56. The third kappa shape index (κ3) is 4.26. The number of ether oxygens (including phenoxy) is 1. The minimum atomic E-state index is 0.125. The van der Waals surface area contributed by atoms with Gasteiger partial charge in [-0.2, -0.15) is 0 Å². The van der Waals surface area contributed by atoms with Crippen LogP contribution in [-0.2, 0) is 11.3 Å². The second-order valence-electron chi connectivity index (χ2n) is 5.56. The number of hydrogen-bond donors (Lipinski definition) is 0. The van der Waals surface area contributed by atoms with Gasteiger partial charge in [0.25, 0.3) is 0 Å². The summed E-state index contributed by atoms with van der Waals surface area (Å²) in [5.41, 5.74) is 2.19.